The van der Waals surface area contributed by atoms with E-state index in [-0.39, 0.29) is 5.91 Å². The molecule has 9 heteroatoms. The molecule has 0 unspecified atom stereocenters. The van der Waals surface area contributed by atoms with E-state index in [2.05, 4.69) is 15.5 Å². The first-order valence-electron chi connectivity index (χ1n) is 7.63. The first-order valence-corrected chi connectivity index (χ1v) is 10.3. The number of amides is 1. The van der Waals surface area contributed by atoms with Crippen molar-refractivity contribution in [2.75, 3.05) is 22.4 Å². The van der Waals surface area contributed by atoms with Crippen LogP contribution in [0.2, 0.25) is 0 Å². The number of aryl methyl sites for hydroxylation is 2. The lowest BCUT2D eigenvalue weighted by Gasteiger charge is -2.29. The molecule has 0 fully saturated rings. The van der Waals surface area contributed by atoms with E-state index in [0.717, 1.165) is 29.8 Å². The van der Waals surface area contributed by atoms with E-state index in [9.17, 15) is 13.2 Å². The molecule has 0 radical (unpaired) electrons. The lowest BCUT2D eigenvalue weighted by Crippen LogP contribution is -2.34. The van der Waals surface area contributed by atoms with Gasteiger partial charge >= 0.3 is 0 Å². The molecule has 7 nitrogen and oxygen atoms in total. The second-order valence-electron chi connectivity index (χ2n) is 5.59. The average Bonchev–Trinajstić information content (AvgIpc) is 3.00. The number of aromatic nitrogens is 2. The molecule has 1 aliphatic heterocycles. The van der Waals surface area contributed by atoms with E-state index in [4.69, 9.17) is 0 Å². The van der Waals surface area contributed by atoms with Gasteiger partial charge in [-0.25, -0.2) is 8.42 Å². The number of hydrogen-bond donors (Lipinski definition) is 1. The zero-order valence-corrected chi connectivity index (χ0v) is 15.1. The molecular weight excluding hydrogens is 348 g/mol. The van der Waals surface area contributed by atoms with E-state index in [1.54, 1.807) is 18.2 Å². The van der Waals surface area contributed by atoms with E-state index in [1.807, 2.05) is 6.92 Å². The average molecular weight is 366 g/mol. The monoisotopic (exact) mass is 366 g/mol. The van der Waals surface area contributed by atoms with Crippen LogP contribution < -0.4 is 9.62 Å². The largest absolute Gasteiger partial charge is 0.296 e. The van der Waals surface area contributed by atoms with Crippen molar-refractivity contribution >= 4 is 38.1 Å². The molecule has 0 saturated carbocycles. The summed E-state index contributed by atoms with van der Waals surface area (Å²) in [5, 5.41) is 12.0. The lowest BCUT2D eigenvalue weighted by molar-refractivity contribution is 0.102. The molecule has 0 atom stereocenters. The van der Waals surface area contributed by atoms with Crippen LogP contribution in [-0.2, 0) is 22.9 Å². The van der Waals surface area contributed by atoms with Crippen molar-refractivity contribution in [2.24, 2.45) is 0 Å². The van der Waals surface area contributed by atoms with Gasteiger partial charge in [0.05, 0.1) is 11.9 Å². The van der Waals surface area contributed by atoms with Crippen LogP contribution in [-0.4, -0.2) is 37.3 Å². The summed E-state index contributed by atoms with van der Waals surface area (Å²) < 4.78 is 25.1. The summed E-state index contributed by atoms with van der Waals surface area (Å²) in [5.41, 5.74) is 2.01. The zero-order valence-electron chi connectivity index (χ0n) is 13.4. The molecule has 24 heavy (non-hydrogen) atoms. The third kappa shape index (κ3) is 3.41. The molecule has 0 bridgehead atoms. The maximum absolute atomic E-state index is 12.4. The molecule has 1 aromatic heterocycles. The van der Waals surface area contributed by atoms with Crippen molar-refractivity contribution in [2.45, 2.75) is 26.2 Å². The first kappa shape index (κ1) is 16.8. The molecule has 1 aliphatic rings. The second kappa shape index (κ2) is 6.48. The van der Waals surface area contributed by atoms with Crippen LogP contribution in [0, 0.1) is 0 Å². The highest BCUT2D eigenvalue weighted by Gasteiger charge is 2.24. The molecule has 1 N–H and O–H groups in total. The Morgan fingerprint density at radius 2 is 2.17 bits per heavy atom. The molecular formula is C15H18N4O3S2. The highest BCUT2D eigenvalue weighted by Crippen LogP contribution is 2.30. The fourth-order valence-electron chi connectivity index (χ4n) is 2.66. The van der Waals surface area contributed by atoms with Gasteiger partial charge in [0, 0.05) is 12.1 Å². The van der Waals surface area contributed by atoms with E-state index in [0.29, 0.717) is 22.9 Å². The Kier molecular flexibility index (Phi) is 4.55. The van der Waals surface area contributed by atoms with Gasteiger partial charge in [0.15, 0.2) is 0 Å². The Balaban J connectivity index is 1.84. The maximum atomic E-state index is 12.4. The van der Waals surface area contributed by atoms with Gasteiger partial charge in [-0.1, -0.05) is 18.3 Å². The van der Waals surface area contributed by atoms with Crippen molar-refractivity contribution in [3.63, 3.8) is 0 Å². The third-order valence-corrected chi connectivity index (χ3v) is 5.97. The van der Waals surface area contributed by atoms with Crippen LogP contribution in [0.15, 0.2) is 18.2 Å². The van der Waals surface area contributed by atoms with Gasteiger partial charge in [-0.05, 0) is 43.0 Å². The molecule has 0 spiro atoms. The predicted octanol–water partition coefficient (Wildman–Crippen LogP) is 2.07. The van der Waals surface area contributed by atoms with E-state index in [1.165, 1.54) is 21.9 Å². The van der Waals surface area contributed by atoms with Gasteiger partial charge in [-0.3, -0.25) is 14.4 Å². The number of rotatable bonds is 4. The minimum absolute atomic E-state index is 0.270. The zero-order chi connectivity index (χ0) is 17.3. The Bertz CT molecular complexity index is 877. The normalized spacial score (nSPS) is 14.3. The highest BCUT2D eigenvalue weighted by atomic mass is 32.2. The first-order chi connectivity index (χ1) is 11.4. The van der Waals surface area contributed by atoms with Crippen LogP contribution in [0.5, 0.6) is 0 Å². The Labute approximate surface area is 144 Å². The van der Waals surface area contributed by atoms with E-state index >= 15 is 0 Å². The number of nitrogens with one attached hydrogen (secondary N) is 1. The molecule has 2 aromatic rings. The molecule has 0 saturated heterocycles. The molecule has 3 rings (SSSR count). The van der Waals surface area contributed by atoms with Gasteiger partial charge in [0.25, 0.3) is 5.91 Å². The standard InChI is InChI=1S/C15H18N4O3S2/c1-3-13-17-18-15(23-13)16-14(20)11-6-7-12-10(9-11)5-4-8-19(12)24(2,21)22/h6-7,9H,3-5,8H2,1-2H3,(H,16,18,20). The van der Waals surface area contributed by atoms with Crippen molar-refractivity contribution < 1.29 is 13.2 Å². The molecule has 1 aromatic carbocycles. The third-order valence-electron chi connectivity index (χ3n) is 3.81. The summed E-state index contributed by atoms with van der Waals surface area (Å²) in [6.45, 7) is 2.45. The number of benzene rings is 1. The van der Waals surface area contributed by atoms with Crippen molar-refractivity contribution in [1.29, 1.82) is 0 Å². The van der Waals surface area contributed by atoms with Crippen molar-refractivity contribution in [3.05, 3.63) is 34.3 Å². The number of carbonyl (C=O) groups is 1. The number of carbonyl (C=O) groups excluding carboxylic acids is 1. The molecule has 2 heterocycles. The van der Waals surface area contributed by atoms with E-state index < -0.39 is 10.0 Å². The lowest BCUT2D eigenvalue weighted by atomic mass is 10.0. The number of sulfonamides is 1. The molecule has 1 amide bonds. The van der Waals surface area contributed by atoms with Crippen molar-refractivity contribution in [1.82, 2.24) is 10.2 Å². The summed E-state index contributed by atoms with van der Waals surface area (Å²) >= 11 is 1.35. The van der Waals surface area contributed by atoms with Crippen molar-refractivity contribution in [3.8, 4) is 0 Å². The van der Waals surface area contributed by atoms with Crippen LogP contribution >= 0.6 is 11.3 Å². The van der Waals surface area contributed by atoms with Crippen LogP contribution in [0.25, 0.3) is 0 Å². The summed E-state index contributed by atoms with van der Waals surface area (Å²) in [7, 11) is -3.30. The number of hydrogen-bond acceptors (Lipinski definition) is 6. The molecule has 0 aliphatic carbocycles. The molecule has 128 valence electrons. The second-order valence-corrected chi connectivity index (χ2v) is 8.56. The van der Waals surface area contributed by atoms with Crippen LogP contribution in [0.4, 0.5) is 10.8 Å². The summed E-state index contributed by atoms with van der Waals surface area (Å²) in [5.74, 6) is -0.270. The minimum Gasteiger partial charge on any atom is -0.296 e. The predicted molar refractivity (Wildman–Crippen MR) is 94.2 cm³/mol. The SMILES string of the molecule is CCc1nnc(NC(=O)c2ccc3c(c2)CCCN3S(C)(=O)=O)s1. The Morgan fingerprint density at radius 1 is 1.38 bits per heavy atom. The van der Waals surface area contributed by atoms with Gasteiger partial charge in [-0.15, -0.1) is 10.2 Å². The summed E-state index contributed by atoms with van der Waals surface area (Å²) in [4.78, 5) is 12.4. The number of anilines is 2. The topological polar surface area (TPSA) is 92.3 Å². The van der Waals surface area contributed by atoms with Crippen LogP contribution in [0.3, 0.4) is 0 Å². The van der Waals surface area contributed by atoms with Gasteiger partial charge in [0.1, 0.15) is 5.01 Å². The smallest absolute Gasteiger partial charge is 0.257 e. The number of fused-ring (bicyclic) bond motifs is 1. The maximum Gasteiger partial charge on any atom is 0.257 e. The summed E-state index contributed by atoms with van der Waals surface area (Å²) in [6.07, 6.45) is 3.46. The van der Waals surface area contributed by atoms with Crippen LogP contribution in [0.1, 0.15) is 34.3 Å². The highest BCUT2D eigenvalue weighted by molar-refractivity contribution is 7.92. The minimum atomic E-state index is -3.30. The van der Waals surface area contributed by atoms with Gasteiger partial charge < -0.3 is 0 Å². The fraction of sp³-hybridized carbons (Fsp3) is 0.400. The Hall–Kier alpha value is -2.00. The Morgan fingerprint density at radius 3 is 2.83 bits per heavy atom. The summed E-state index contributed by atoms with van der Waals surface area (Å²) in [6, 6.07) is 5.09. The van der Waals surface area contributed by atoms with Gasteiger partial charge in [-0.2, -0.15) is 0 Å². The number of nitrogens with zero attached hydrogens (tertiary/aromatic N) is 3. The fourth-order valence-corrected chi connectivity index (χ4v) is 4.34. The van der Waals surface area contributed by atoms with Gasteiger partial charge in [0.2, 0.25) is 15.2 Å². The quantitative estimate of drug-likeness (QED) is 0.894.